The maximum Gasteiger partial charge on any atom is 0.0725 e. The van der Waals surface area contributed by atoms with Crippen molar-refractivity contribution in [3.8, 4) is 0 Å². The highest BCUT2D eigenvalue weighted by Crippen LogP contribution is 2.26. The van der Waals surface area contributed by atoms with Crippen LogP contribution in [0.1, 0.15) is 41.1 Å². The number of nitrogens with one attached hydrogen (secondary N) is 1. The molecule has 3 rings (SSSR count). The molecule has 0 bridgehead atoms. The lowest BCUT2D eigenvalue weighted by atomic mass is 9.97. The minimum atomic E-state index is 0.208. The fourth-order valence-corrected chi connectivity index (χ4v) is 2.91. The predicted molar refractivity (Wildman–Crippen MR) is 84.4 cm³/mol. The summed E-state index contributed by atoms with van der Waals surface area (Å²) in [5, 5.41) is 0. The molecule has 0 aliphatic carbocycles. The van der Waals surface area contributed by atoms with Crippen molar-refractivity contribution in [3.63, 3.8) is 0 Å². The number of hydrogen-bond donors (Lipinski definition) is 2. The average Bonchev–Trinajstić information content (AvgIpc) is 3.00. The van der Waals surface area contributed by atoms with Crippen molar-refractivity contribution in [2.45, 2.75) is 38.5 Å². The third kappa shape index (κ3) is 3.50. The minimum absolute atomic E-state index is 0.208. The molecule has 3 N–H and O–H groups in total. The SMILES string of the molecule is NNC(CCCc1ccccc1)c1ccc2c(c1)COC2. The van der Waals surface area contributed by atoms with Crippen LogP contribution in [0.4, 0.5) is 0 Å². The van der Waals surface area contributed by atoms with E-state index in [1.807, 2.05) is 0 Å². The van der Waals surface area contributed by atoms with Crippen molar-refractivity contribution in [1.82, 2.24) is 5.43 Å². The number of hydrazine groups is 1. The first kappa shape index (κ1) is 14.3. The maximum absolute atomic E-state index is 5.75. The van der Waals surface area contributed by atoms with Crippen molar-refractivity contribution in [3.05, 3.63) is 70.8 Å². The third-order valence-electron chi connectivity index (χ3n) is 4.15. The highest BCUT2D eigenvalue weighted by molar-refractivity contribution is 5.34. The number of rotatable bonds is 6. The van der Waals surface area contributed by atoms with Crippen molar-refractivity contribution in [2.24, 2.45) is 5.84 Å². The summed E-state index contributed by atoms with van der Waals surface area (Å²) in [6, 6.07) is 17.4. The van der Waals surface area contributed by atoms with Crippen molar-refractivity contribution in [2.75, 3.05) is 0 Å². The van der Waals surface area contributed by atoms with Gasteiger partial charge in [0.05, 0.1) is 13.2 Å². The lowest BCUT2D eigenvalue weighted by Crippen LogP contribution is -2.28. The van der Waals surface area contributed by atoms with E-state index < -0.39 is 0 Å². The Hall–Kier alpha value is -1.68. The first-order valence-electron chi connectivity index (χ1n) is 7.56. The number of ether oxygens (including phenoxy) is 1. The van der Waals surface area contributed by atoms with Crippen LogP contribution in [0.3, 0.4) is 0 Å². The molecular weight excluding hydrogens is 260 g/mol. The van der Waals surface area contributed by atoms with E-state index in [0.29, 0.717) is 0 Å². The quantitative estimate of drug-likeness (QED) is 0.631. The van der Waals surface area contributed by atoms with Crippen LogP contribution in [0.5, 0.6) is 0 Å². The van der Waals surface area contributed by atoms with Gasteiger partial charge in [0.2, 0.25) is 0 Å². The van der Waals surface area contributed by atoms with E-state index in [9.17, 15) is 0 Å². The molecule has 0 saturated carbocycles. The molecule has 2 aromatic rings. The molecule has 0 amide bonds. The summed E-state index contributed by atoms with van der Waals surface area (Å²) >= 11 is 0. The van der Waals surface area contributed by atoms with Crippen LogP contribution in [-0.2, 0) is 24.4 Å². The van der Waals surface area contributed by atoms with Crippen LogP contribution in [0.2, 0.25) is 0 Å². The maximum atomic E-state index is 5.75. The van der Waals surface area contributed by atoms with Gasteiger partial charge in [-0.2, -0.15) is 0 Å². The predicted octanol–water partition coefficient (Wildman–Crippen LogP) is 3.24. The molecule has 0 radical (unpaired) electrons. The van der Waals surface area contributed by atoms with Gasteiger partial charge in [0, 0.05) is 6.04 Å². The van der Waals surface area contributed by atoms with Crippen molar-refractivity contribution in [1.29, 1.82) is 0 Å². The molecule has 3 nitrogen and oxygen atoms in total. The third-order valence-corrected chi connectivity index (χ3v) is 4.15. The zero-order valence-electron chi connectivity index (χ0n) is 12.2. The molecule has 0 saturated heterocycles. The monoisotopic (exact) mass is 282 g/mol. The number of hydrogen-bond acceptors (Lipinski definition) is 3. The molecule has 0 spiro atoms. The lowest BCUT2D eigenvalue weighted by Gasteiger charge is -2.17. The van der Waals surface area contributed by atoms with Crippen LogP contribution in [-0.4, -0.2) is 0 Å². The first-order chi connectivity index (χ1) is 10.4. The zero-order chi connectivity index (χ0) is 14.5. The normalized spacial score (nSPS) is 14.9. The van der Waals surface area contributed by atoms with Gasteiger partial charge in [-0.05, 0) is 41.5 Å². The fraction of sp³-hybridized carbons (Fsp3) is 0.333. The molecule has 1 aliphatic heterocycles. The summed E-state index contributed by atoms with van der Waals surface area (Å²) in [5.41, 5.74) is 8.21. The van der Waals surface area contributed by atoms with E-state index in [0.717, 1.165) is 32.5 Å². The van der Waals surface area contributed by atoms with Gasteiger partial charge in [0.15, 0.2) is 0 Å². The van der Waals surface area contributed by atoms with E-state index >= 15 is 0 Å². The van der Waals surface area contributed by atoms with E-state index in [1.165, 1.54) is 22.3 Å². The van der Waals surface area contributed by atoms with Crippen LogP contribution < -0.4 is 11.3 Å². The second-order valence-corrected chi connectivity index (χ2v) is 5.62. The van der Waals surface area contributed by atoms with Gasteiger partial charge < -0.3 is 4.74 Å². The van der Waals surface area contributed by atoms with Crippen LogP contribution in [0.25, 0.3) is 0 Å². The lowest BCUT2D eigenvalue weighted by molar-refractivity contribution is 0.134. The molecule has 21 heavy (non-hydrogen) atoms. The zero-order valence-corrected chi connectivity index (χ0v) is 12.2. The molecule has 1 aliphatic rings. The Labute approximate surface area is 126 Å². The molecule has 3 heteroatoms. The van der Waals surface area contributed by atoms with Gasteiger partial charge in [0.1, 0.15) is 0 Å². The molecule has 110 valence electrons. The van der Waals surface area contributed by atoms with E-state index in [1.54, 1.807) is 0 Å². The van der Waals surface area contributed by atoms with Gasteiger partial charge in [-0.1, -0.05) is 48.5 Å². The fourth-order valence-electron chi connectivity index (χ4n) is 2.91. The summed E-state index contributed by atoms with van der Waals surface area (Å²) in [6.45, 7) is 1.47. The number of aryl methyl sites for hydroxylation is 1. The Balaban J connectivity index is 1.60. The number of benzene rings is 2. The summed E-state index contributed by atoms with van der Waals surface area (Å²) in [4.78, 5) is 0. The van der Waals surface area contributed by atoms with Crippen LogP contribution in [0.15, 0.2) is 48.5 Å². The van der Waals surface area contributed by atoms with Gasteiger partial charge >= 0.3 is 0 Å². The van der Waals surface area contributed by atoms with Crippen molar-refractivity contribution < 1.29 is 4.74 Å². The van der Waals surface area contributed by atoms with Crippen LogP contribution in [0, 0.1) is 0 Å². The molecule has 0 aromatic heterocycles. The summed E-state index contributed by atoms with van der Waals surface area (Å²) < 4.78 is 5.47. The largest absolute Gasteiger partial charge is 0.372 e. The highest BCUT2D eigenvalue weighted by atomic mass is 16.5. The minimum Gasteiger partial charge on any atom is -0.372 e. The first-order valence-corrected chi connectivity index (χ1v) is 7.56. The Bertz CT molecular complexity index is 583. The Morgan fingerprint density at radius 3 is 2.67 bits per heavy atom. The van der Waals surface area contributed by atoms with Crippen molar-refractivity contribution >= 4 is 0 Å². The Kier molecular flexibility index (Phi) is 4.65. The summed E-state index contributed by atoms with van der Waals surface area (Å²) in [5.74, 6) is 5.75. The summed E-state index contributed by atoms with van der Waals surface area (Å²) in [7, 11) is 0. The van der Waals surface area contributed by atoms with Gasteiger partial charge in [0.25, 0.3) is 0 Å². The second kappa shape index (κ2) is 6.85. The Morgan fingerprint density at radius 2 is 1.86 bits per heavy atom. The van der Waals surface area contributed by atoms with Crippen LogP contribution >= 0.6 is 0 Å². The van der Waals surface area contributed by atoms with E-state index in [-0.39, 0.29) is 6.04 Å². The summed E-state index contributed by atoms with van der Waals surface area (Å²) in [6.07, 6.45) is 3.24. The molecule has 2 aromatic carbocycles. The van der Waals surface area contributed by atoms with E-state index in [2.05, 4.69) is 54.0 Å². The highest BCUT2D eigenvalue weighted by Gasteiger charge is 2.15. The Morgan fingerprint density at radius 1 is 1.05 bits per heavy atom. The average molecular weight is 282 g/mol. The molecule has 1 heterocycles. The molecule has 1 unspecified atom stereocenters. The van der Waals surface area contributed by atoms with E-state index in [4.69, 9.17) is 10.6 Å². The smallest absolute Gasteiger partial charge is 0.0725 e. The van der Waals surface area contributed by atoms with Gasteiger partial charge in [-0.15, -0.1) is 0 Å². The topological polar surface area (TPSA) is 47.3 Å². The molecular formula is C18H22N2O. The van der Waals surface area contributed by atoms with Gasteiger partial charge in [-0.3, -0.25) is 11.3 Å². The molecule has 0 fully saturated rings. The second-order valence-electron chi connectivity index (χ2n) is 5.62. The van der Waals surface area contributed by atoms with Gasteiger partial charge in [-0.25, -0.2) is 0 Å². The number of fused-ring (bicyclic) bond motifs is 1. The molecule has 1 atom stereocenters. The standard InChI is InChI=1S/C18H22N2O/c19-20-18(8-4-7-14-5-2-1-3-6-14)15-9-10-16-12-21-13-17(16)11-15/h1-3,5-6,9-11,18,20H,4,7-8,12-13,19H2. The number of nitrogens with two attached hydrogens (primary N) is 1.